The average Bonchev–Trinajstić information content (AvgIpc) is 3.32. The number of anilines is 1. The molecule has 1 amide bonds. The van der Waals surface area contributed by atoms with Gasteiger partial charge in [0, 0.05) is 10.8 Å². The lowest BCUT2D eigenvalue weighted by atomic mass is 9.93. The Morgan fingerprint density at radius 2 is 1.87 bits per heavy atom. The van der Waals surface area contributed by atoms with Gasteiger partial charge in [-0.3, -0.25) is 4.79 Å². The van der Waals surface area contributed by atoms with Gasteiger partial charge >= 0.3 is 5.16 Å². The van der Waals surface area contributed by atoms with Gasteiger partial charge in [-0.1, -0.05) is 63.2 Å². The van der Waals surface area contributed by atoms with Crippen LogP contribution < -0.4 is 9.88 Å². The van der Waals surface area contributed by atoms with Gasteiger partial charge in [-0.05, 0) is 29.5 Å². The van der Waals surface area contributed by atoms with E-state index in [4.69, 9.17) is 0 Å². The lowest BCUT2D eigenvalue weighted by molar-refractivity contribution is -0.700. The Kier molecular flexibility index (Phi) is 5.92. The van der Waals surface area contributed by atoms with Crippen molar-refractivity contribution in [3.8, 4) is 0 Å². The molecule has 2 aromatic heterocycles. The Morgan fingerprint density at radius 3 is 2.60 bits per heavy atom. The molecule has 0 aliphatic rings. The number of aromatic nitrogens is 3. The van der Waals surface area contributed by atoms with E-state index >= 15 is 0 Å². The molecule has 0 saturated heterocycles. The van der Waals surface area contributed by atoms with Crippen LogP contribution in [0.15, 0.2) is 65.1 Å². The van der Waals surface area contributed by atoms with Gasteiger partial charge < -0.3 is 5.32 Å². The second-order valence-corrected chi connectivity index (χ2v) is 9.97. The molecule has 0 aliphatic carbocycles. The van der Waals surface area contributed by atoms with E-state index in [1.165, 1.54) is 28.7 Å². The molecule has 5 nitrogen and oxygen atoms in total. The van der Waals surface area contributed by atoms with Crippen molar-refractivity contribution in [3.05, 3.63) is 71.2 Å². The number of aromatic amines is 1. The molecule has 2 heterocycles. The zero-order chi connectivity index (χ0) is 21.1. The number of imidazole rings is 1. The van der Waals surface area contributed by atoms with Crippen LogP contribution in [0.4, 0.5) is 5.13 Å². The van der Waals surface area contributed by atoms with Crippen molar-refractivity contribution in [2.24, 2.45) is 0 Å². The SMILES string of the molecule is CC(C)(C)c1csc(NC(=O)CSc2[nH]c3ccccc3[n+]2Cc2ccccc2)n1. The number of para-hydroxylation sites is 2. The van der Waals surface area contributed by atoms with Crippen LogP contribution in [0.1, 0.15) is 32.0 Å². The maximum atomic E-state index is 12.5. The van der Waals surface area contributed by atoms with Crippen molar-refractivity contribution < 1.29 is 9.36 Å². The molecule has 7 heteroatoms. The maximum absolute atomic E-state index is 12.5. The summed E-state index contributed by atoms with van der Waals surface area (Å²) in [5, 5.41) is 6.56. The fraction of sp³-hybridized carbons (Fsp3) is 0.261. The summed E-state index contributed by atoms with van der Waals surface area (Å²) in [5.74, 6) is 0.256. The molecule has 0 spiro atoms. The van der Waals surface area contributed by atoms with Crippen LogP contribution in [0.5, 0.6) is 0 Å². The normalized spacial score (nSPS) is 11.7. The minimum atomic E-state index is -0.0558. The first-order chi connectivity index (χ1) is 14.4. The summed E-state index contributed by atoms with van der Waals surface area (Å²) < 4.78 is 2.23. The van der Waals surface area contributed by atoms with E-state index in [0.29, 0.717) is 10.9 Å². The van der Waals surface area contributed by atoms with Crippen LogP contribution in [0.25, 0.3) is 11.0 Å². The highest BCUT2D eigenvalue weighted by Crippen LogP contribution is 2.26. The molecule has 4 aromatic rings. The first-order valence-corrected chi connectivity index (χ1v) is 11.7. The number of carbonyl (C=O) groups excluding carboxylic acids is 1. The molecule has 30 heavy (non-hydrogen) atoms. The number of nitrogens with zero attached hydrogens (tertiary/aromatic N) is 2. The van der Waals surface area contributed by atoms with Gasteiger partial charge in [-0.15, -0.1) is 11.3 Å². The Labute approximate surface area is 184 Å². The number of amides is 1. The van der Waals surface area contributed by atoms with Crippen molar-refractivity contribution in [2.75, 3.05) is 11.1 Å². The number of benzene rings is 2. The van der Waals surface area contributed by atoms with Crippen LogP contribution in [0.2, 0.25) is 0 Å². The molecule has 0 unspecified atom stereocenters. The third-order valence-corrected chi connectivity index (χ3v) is 6.48. The molecule has 2 N–H and O–H groups in total. The molecule has 0 fully saturated rings. The van der Waals surface area contributed by atoms with E-state index in [-0.39, 0.29) is 11.3 Å². The molecule has 0 bridgehead atoms. The van der Waals surface area contributed by atoms with Gasteiger partial charge in [-0.25, -0.2) is 14.5 Å². The zero-order valence-electron chi connectivity index (χ0n) is 17.3. The highest BCUT2D eigenvalue weighted by atomic mass is 32.2. The van der Waals surface area contributed by atoms with Crippen LogP contribution in [-0.2, 0) is 16.8 Å². The molecule has 154 valence electrons. The summed E-state index contributed by atoms with van der Waals surface area (Å²) in [6.45, 7) is 7.09. The predicted octanol–water partition coefficient (Wildman–Crippen LogP) is 4.99. The monoisotopic (exact) mass is 437 g/mol. The minimum absolute atomic E-state index is 0.0262. The summed E-state index contributed by atoms with van der Waals surface area (Å²) in [6.07, 6.45) is 0. The summed E-state index contributed by atoms with van der Waals surface area (Å²) in [6, 6.07) is 18.6. The number of hydrogen-bond acceptors (Lipinski definition) is 4. The molecule has 4 rings (SSSR count). The number of thiazole rings is 1. The van der Waals surface area contributed by atoms with E-state index in [0.717, 1.165) is 28.4 Å². The number of nitrogens with one attached hydrogen (secondary N) is 2. The van der Waals surface area contributed by atoms with E-state index in [1.54, 1.807) is 0 Å². The Morgan fingerprint density at radius 1 is 1.13 bits per heavy atom. The molecular formula is C23H25N4OS2+. The van der Waals surface area contributed by atoms with Crippen molar-refractivity contribution in [3.63, 3.8) is 0 Å². The van der Waals surface area contributed by atoms with Gasteiger partial charge in [-0.2, -0.15) is 0 Å². The second-order valence-electron chi connectivity index (χ2n) is 8.14. The van der Waals surface area contributed by atoms with E-state index in [2.05, 4.69) is 64.9 Å². The molecule has 0 radical (unpaired) electrons. The summed E-state index contributed by atoms with van der Waals surface area (Å²) in [7, 11) is 0. The fourth-order valence-corrected chi connectivity index (χ4v) is 4.90. The first-order valence-electron chi connectivity index (χ1n) is 9.83. The Balaban J connectivity index is 1.49. The topological polar surface area (TPSA) is 61.7 Å². The number of thioether (sulfide) groups is 1. The Bertz CT molecular complexity index is 1160. The van der Waals surface area contributed by atoms with Crippen molar-refractivity contribution >= 4 is 45.2 Å². The first kappa shape index (κ1) is 20.6. The smallest absolute Gasteiger partial charge is 0.301 e. The number of H-pyrrole nitrogens is 1. The molecule has 0 saturated carbocycles. The number of carbonyl (C=O) groups is 1. The van der Waals surface area contributed by atoms with Gasteiger partial charge in [0.2, 0.25) is 5.91 Å². The minimum Gasteiger partial charge on any atom is -0.301 e. The van der Waals surface area contributed by atoms with E-state index in [1.807, 2.05) is 35.7 Å². The van der Waals surface area contributed by atoms with Crippen LogP contribution >= 0.6 is 23.1 Å². The van der Waals surface area contributed by atoms with Crippen LogP contribution in [0, 0.1) is 0 Å². The quantitative estimate of drug-likeness (QED) is 0.330. The highest BCUT2D eigenvalue weighted by Gasteiger charge is 2.21. The van der Waals surface area contributed by atoms with Gasteiger partial charge in [0.25, 0.3) is 0 Å². The standard InChI is InChI=1S/C23H24N4OS2/c1-23(2,3)19-14-29-21(25-19)26-20(28)15-30-22-24-17-11-7-8-12-18(17)27(22)13-16-9-5-4-6-10-16/h4-12,14H,13,15H2,1-3H3,(H,25,26,28)/p+1. The third kappa shape index (κ3) is 4.74. The van der Waals surface area contributed by atoms with Gasteiger partial charge in [0.15, 0.2) is 16.2 Å². The molecular weight excluding hydrogens is 412 g/mol. The van der Waals surface area contributed by atoms with E-state index < -0.39 is 0 Å². The third-order valence-electron chi connectivity index (χ3n) is 4.72. The van der Waals surface area contributed by atoms with Crippen molar-refractivity contribution in [2.45, 2.75) is 37.9 Å². The number of fused-ring (bicyclic) bond motifs is 1. The summed E-state index contributed by atoms with van der Waals surface area (Å²) in [5.41, 5.74) is 4.37. The maximum Gasteiger partial charge on any atom is 0.317 e. The second kappa shape index (κ2) is 8.62. The number of hydrogen-bond donors (Lipinski definition) is 2. The summed E-state index contributed by atoms with van der Waals surface area (Å²) in [4.78, 5) is 20.6. The van der Waals surface area contributed by atoms with Crippen molar-refractivity contribution in [1.29, 1.82) is 0 Å². The van der Waals surface area contributed by atoms with Gasteiger partial charge in [0.05, 0.1) is 11.4 Å². The molecule has 2 aromatic carbocycles. The molecule has 0 atom stereocenters. The van der Waals surface area contributed by atoms with Gasteiger partial charge in [0.1, 0.15) is 6.54 Å². The molecule has 0 aliphatic heterocycles. The fourth-order valence-electron chi connectivity index (χ4n) is 3.11. The van der Waals surface area contributed by atoms with Crippen molar-refractivity contribution in [1.82, 2.24) is 9.97 Å². The lowest BCUT2D eigenvalue weighted by Gasteiger charge is -2.14. The average molecular weight is 438 g/mol. The lowest BCUT2D eigenvalue weighted by Crippen LogP contribution is -2.35. The predicted molar refractivity (Wildman–Crippen MR) is 124 cm³/mol. The Hall–Kier alpha value is -2.64. The van der Waals surface area contributed by atoms with Crippen LogP contribution in [-0.4, -0.2) is 21.6 Å². The zero-order valence-corrected chi connectivity index (χ0v) is 18.9. The largest absolute Gasteiger partial charge is 0.317 e. The number of rotatable bonds is 6. The van der Waals surface area contributed by atoms with E-state index in [9.17, 15) is 4.79 Å². The summed E-state index contributed by atoms with van der Waals surface area (Å²) >= 11 is 2.97. The van der Waals surface area contributed by atoms with Crippen LogP contribution in [0.3, 0.4) is 0 Å². The highest BCUT2D eigenvalue weighted by molar-refractivity contribution is 7.99.